The van der Waals surface area contributed by atoms with Gasteiger partial charge >= 0.3 is 0 Å². The first kappa shape index (κ1) is 15.5. The highest BCUT2D eigenvalue weighted by Crippen LogP contribution is 2.03. The molecule has 1 heterocycles. The number of hydrogen-bond donors (Lipinski definition) is 2. The van der Waals surface area contributed by atoms with Crippen molar-refractivity contribution in [1.82, 2.24) is 9.55 Å². The Bertz CT molecular complexity index is 481. The molecule has 0 fully saturated rings. The minimum absolute atomic E-state index is 0. The largest absolute Gasteiger partial charge is 0.370 e. The number of para-hydroxylation sites is 1. The van der Waals surface area contributed by atoms with Gasteiger partial charge in [-0.2, -0.15) is 0 Å². The van der Waals surface area contributed by atoms with Crippen molar-refractivity contribution in [2.24, 2.45) is 10.7 Å². The number of nitrogens with zero attached hydrogens (tertiary/aromatic N) is 3. The van der Waals surface area contributed by atoms with Crippen LogP contribution in [0.25, 0.3) is 0 Å². The highest BCUT2D eigenvalue weighted by Gasteiger charge is 1.93. The molecule has 3 N–H and O–H groups in total. The van der Waals surface area contributed by atoms with E-state index in [4.69, 9.17) is 5.73 Å². The van der Waals surface area contributed by atoms with Gasteiger partial charge in [-0.15, -0.1) is 24.0 Å². The van der Waals surface area contributed by atoms with Gasteiger partial charge in [-0.25, -0.2) is 4.98 Å². The summed E-state index contributed by atoms with van der Waals surface area (Å²) in [5, 5.41) is 3.04. The topological polar surface area (TPSA) is 68.2 Å². The zero-order valence-corrected chi connectivity index (χ0v) is 12.9. The Hall–Kier alpha value is -1.57. The number of nitrogens with one attached hydrogen (secondary N) is 1. The number of hydrogen-bond acceptors (Lipinski definition) is 2. The maximum absolute atomic E-state index is 5.78. The minimum Gasteiger partial charge on any atom is -0.370 e. The van der Waals surface area contributed by atoms with E-state index in [0.29, 0.717) is 12.5 Å². The molecule has 102 valence electrons. The van der Waals surface area contributed by atoms with Crippen LogP contribution in [0.4, 0.5) is 5.69 Å². The van der Waals surface area contributed by atoms with E-state index in [-0.39, 0.29) is 24.0 Å². The molecule has 2 aromatic rings. The Balaban J connectivity index is 0.00000180. The molecule has 0 unspecified atom stereocenters. The molecular formula is C13H18IN5. The molecular weight excluding hydrogens is 353 g/mol. The van der Waals surface area contributed by atoms with Crippen molar-refractivity contribution in [3.8, 4) is 0 Å². The van der Waals surface area contributed by atoms with Gasteiger partial charge in [0.15, 0.2) is 5.96 Å². The molecule has 1 aromatic heterocycles. The van der Waals surface area contributed by atoms with Crippen LogP contribution in [0.15, 0.2) is 54.0 Å². The molecule has 19 heavy (non-hydrogen) atoms. The van der Waals surface area contributed by atoms with Crippen LogP contribution in [0.2, 0.25) is 0 Å². The van der Waals surface area contributed by atoms with E-state index < -0.39 is 0 Å². The number of nitrogens with two attached hydrogens (primary N) is 1. The molecule has 0 aliphatic rings. The molecule has 0 atom stereocenters. The molecule has 0 saturated heterocycles. The number of guanidine groups is 1. The van der Waals surface area contributed by atoms with Gasteiger partial charge in [0.25, 0.3) is 0 Å². The van der Waals surface area contributed by atoms with E-state index >= 15 is 0 Å². The smallest absolute Gasteiger partial charge is 0.193 e. The summed E-state index contributed by atoms with van der Waals surface area (Å²) >= 11 is 0. The van der Waals surface area contributed by atoms with E-state index in [0.717, 1.165) is 18.7 Å². The van der Waals surface area contributed by atoms with Crippen molar-refractivity contribution in [3.63, 3.8) is 0 Å². The molecule has 0 aliphatic carbocycles. The summed E-state index contributed by atoms with van der Waals surface area (Å²) in [6.07, 6.45) is 6.45. The minimum atomic E-state index is 0. The maximum Gasteiger partial charge on any atom is 0.193 e. The zero-order chi connectivity index (χ0) is 12.6. The SMILES string of the molecule is I.NC(=NCCCn1ccnc1)Nc1ccccc1. The number of aliphatic imine (C=N–C) groups is 1. The Morgan fingerprint density at radius 1 is 1.32 bits per heavy atom. The van der Waals surface area contributed by atoms with Crippen molar-refractivity contribution >= 4 is 35.6 Å². The lowest BCUT2D eigenvalue weighted by Gasteiger charge is -2.05. The Kier molecular flexibility index (Phi) is 6.94. The van der Waals surface area contributed by atoms with Gasteiger partial charge in [-0.05, 0) is 18.6 Å². The lowest BCUT2D eigenvalue weighted by molar-refractivity contribution is 0.650. The van der Waals surface area contributed by atoms with E-state index in [1.165, 1.54) is 0 Å². The summed E-state index contributed by atoms with van der Waals surface area (Å²) < 4.78 is 2.02. The zero-order valence-electron chi connectivity index (χ0n) is 10.6. The van der Waals surface area contributed by atoms with Crippen molar-refractivity contribution in [3.05, 3.63) is 49.1 Å². The van der Waals surface area contributed by atoms with Gasteiger partial charge in [-0.3, -0.25) is 4.99 Å². The fourth-order valence-electron chi connectivity index (χ4n) is 1.58. The molecule has 2 rings (SSSR count). The summed E-state index contributed by atoms with van der Waals surface area (Å²) in [6, 6.07) is 9.77. The highest BCUT2D eigenvalue weighted by atomic mass is 127. The van der Waals surface area contributed by atoms with Crippen molar-refractivity contribution in [2.45, 2.75) is 13.0 Å². The Labute approximate surface area is 130 Å². The van der Waals surface area contributed by atoms with Gasteiger partial charge in [0, 0.05) is 31.2 Å². The van der Waals surface area contributed by atoms with Crippen LogP contribution in [0.1, 0.15) is 6.42 Å². The molecule has 1 aromatic carbocycles. The van der Waals surface area contributed by atoms with Crippen LogP contribution < -0.4 is 11.1 Å². The van der Waals surface area contributed by atoms with Crippen LogP contribution in [0.3, 0.4) is 0 Å². The third-order valence-electron chi connectivity index (χ3n) is 2.46. The molecule has 0 spiro atoms. The highest BCUT2D eigenvalue weighted by molar-refractivity contribution is 14.0. The molecule has 0 amide bonds. The molecule has 0 aliphatic heterocycles. The van der Waals surface area contributed by atoms with Gasteiger partial charge in [0.05, 0.1) is 6.33 Å². The number of benzene rings is 1. The summed E-state index contributed by atoms with van der Waals surface area (Å²) in [4.78, 5) is 8.25. The van der Waals surface area contributed by atoms with Crippen molar-refractivity contribution in [1.29, 1.82) is 0 Å². The second-order valence-corrected chi connectivity index (χ2v) is 3.91. The summed E-state index contributed by atoms with van der Waals surface area (Å²) in [6.45, 7) is 1.60. The first-order valence-corrected chi connectivity index (χ1v) is 5.92. The first-order chi connectivity index (χ1) is 8.84. The predicted molar refractivity (Wildman–Crippen MR) is 88.8 cm³/mol. The van der Waals surface area contributed by atoms with Crippen LogP contribution in [0.5, 0.6) is 0 Å². The van der Waals surface area contributed by atoms with Crippen LogP contribution in [0, 0.1) is 0 Å². The molecule has 0 radical (unpaired) electrons. The van der Waals surface area contributed by atoms with Crippen molar-refractivity contribution < 1.29 is 0 Å². The lowest BCUT2D eigenvalue weighted by atomic mass is 10.3. The molecule has 0 bridgehead atoms. The fraction of sp³-hybridized carbons (Fsp3) is 0.231. The normalized spacial score (nSPS) is 10.8. The quantitative estimate of drug-likeness (QED) is 0.367. The van der Waals surface area contributed by atoms with Crippen molar-refractivity contribution in [2.75, 3.05) is 11.9 Å². The number of halogens is 1. The summed E-state index contributed by atoms with van der Waals surface area (Å²) in [5.74, 6) is 0.451. The second-order valence-electron chi connectivity index (χ2n) is 3.91. The Morgan fingerprint density at radius 2 is 2.11 bits per heavy atom. The van der Waals surface area contributed by atoms with Gasteiger partial charge < -0.3 is 15.6 Å². The average molecular weight is 371 g/mol. The van der Waals surface area contributed by atoms with Gasteiger partial charge in [0.1, 0.15) is 0 Å². The number of anilines is 1. The van der Waals surface area contributed by atoms with E-state index in [1.54, 1.807) is 12.5 Å². The van der Waals surface area contributed by atoms with Gasteiger partial charge in [0.2, 0.25) is 0 Å². The lowest BCUT2D eigenvalue weighted by Crippen LogP contribution is -2.22. The molecule has 5 nitrogen and oxygen atoms in total. The third kappa shape index (κ3) is 5.73. The van der Waals surface area contributed by atoms with Crippen LogP contribution >= 0.6 is 24.0 Å². The number of imidazole rings is 1. The van der Waals surface area contributed by atoms with E-state index in [1.807, 2.05) is 41.1 Å². The monoisotopic (exact) mass is 371 g/mol. The van der Waals surface area contributed by atoms with Gasteiger partial charge in [-0.1, -0.05) is 18.2 Å². The fourth-order valence-corrected chi connectivity index (χ4v) is 1.58. The molecule has 0 saturated carbocycles. The first-order valence-electron chi connectivity index (χ1n) is 5.92. The van der Waals surface area contributed by atoms with E-state index in [9.17, 15) is 0 Å². The third-order valence-corrected chi connectivity index (χ3v) is 2.46. The second kappa shape index (κ2) is 8.52. The standard InChI is InChI=1S/C13H17N5.HI/c14-13(17-12-5-2-1-3-6-12)16-7-4-9-18-10-8-15-11-18;/h1-3,5-6,8,10-11H,4,7,9H2,(H3,14,16,17);1H. The molecule has 6 heteroatoms. The van der Waals surface area contributed by atoms with Crippen LogP contribution in [-0.4, -0.2) is 22.1 Å². The summed E-state index contributed by atoms with van der Waals surface area (Å²) in [5.41, 5.74) is 6.74. The van der Waals surface area contributed by atoms with Crippen LogP contribution in [-0.2, 0) is 6.54 Å². The Morgan fingerprint density at radius 3 is 2.79 bits per heavy atom. The average Bonchev–Trinajstić information content (AvgIpc) is 2.89. The number of aromatic nitrogens is 2. The number of aryl methyl sites for hydroxylation is 1. The predicted octanol–water partition coefficient (Wildman–Crippen LogP) is 2.32. The maximum atomic E-state index is 5.78. The summed E-state index contributed by atoms with van der Waals surface area (Å²) in [7, 11) is 0. The number of rotatable bonds is 5. The van der Waals surface area contributed by atoms with E-state index in [2.05, 4.69) is 15.3 Å².